The summed E-state index contributed by atoms with van der Waals surface area (Å²) in [6, 6.07) is 5.47. The van der Waals surface area contributed by atoms with Crippen molar-refractivity contribution in [1.82, 2.24) is 5.32 Å². The number of anilines is 1. The van der Waals surface area contributed by atoms with Crippen molar-refractivity contribution in [2.75, 3.05) is 25.0 Å². The third-order valence-corrected chi connectivity index (χ3v) is 3.68. The molecule has 2 N–H and O–H groups in total. The van der Waals surface area contributed by atoms with Gasteiger partial charge in [-0.05, 0) is 50.6 Å². The van der Waals surface area contributed by atoms with Crippen LogP contribution < -0.4 is 10.6 Å². The van der Waals surface area contributed by atoms with Crippen LogP contribution in [-0.4, -0.2) is 31.7 Å². The van der Waals surface area contributed by atoms with Gasteiger partial charge in [0.1, 0.15) is 0 Å². The quantitative estimate of drug-likeness (QED) is 0.878. The van der Waals surface area contributed by atoms with Gasteiger partial charge in [-0.25, -0.2) is 0 Å². The van der Waals surface area contributed by atoms with Gasteiger partial charge >= 0.3 is 0 Å². The Morgan fingerprint density at radius 1 is 1.45 bits per heavy atom. The molecule has 1 heterocycles. The largest absolute Gasteiger partial charge is 0.378 e. The molecule has 1 fully saturated rings. The molecule has 0 spiro atoms. The summed E-state index contributed by atoms with van der Waals surface area (Å²) in [6.07, 6.45) is 2.71. The number of halogens is 1. The number of hydrogen-bond donors (Lipinski definition) is 2. The summed E-state index contributed by atoms with van der Waals surface area (Å²) < 4.78 is 5.72. The molecule has 1 amide bonds. The fourth-order valence-electron chi connectivity index (χ4n) is 2.22. The Morgan fingerprint density at radius 2 is 2.20 bits per heavy atom. The normalized spacial score (nSPS) is 16.1. The third-order valence-electron chi connectivity index (χ3n) is 3.44. The highest BCUT2D eigenvalue weighted by Crippen LogP contribution is 2.20. The van der Waals surface area contributed by atoms with Crippen LogP contribution in [0.5, 0.6) is 0 Å². The average molecular weight is 297 g/mol. The predicted octanol–water partition coefficient (Wildman–Crippen LogP) is 2.75. The second-order valence-electron chi connectivity index (χ2n) is 5.08. The molecule has 20 heavy (non-hydrogen) atoms. The number of carbonyl (C=O) groups is 1. The van der Waals surface area contributed by atoms with Crippen LogP contribution in [0.25, 0.3) is 0 Å². The maximum absolute atomic E-state index is 11.9. The van der Waals surface area contributed by atoms with Crippen LogP contribution in [0, 0.1) is 6.92 Å². The van der Waals surface area contributed by atoms with Gasteiger partial charge in [0.15, 0.2) is 0 Å². The minimum atomic E-state index is -0.0377. The molecule has 0 aliphatic carbocycles. The maximum Gasteiger partial charge on any atom is 0.226 e. The average Bonchev–Trinajstić information content (AvgIpc) is 2.44. The number of aryl methyl sites for hydroxylation is 1. The van der Waals surface area contributed by atoms with Crippen molar-refractivity contribution in [3.8, 4) is 0 Å². The molecule has 0 saturated carbocycles. The monoisotopic (exact) mass is 296 g/mol. The van der Waals surface area contributed by atoms with E-state index in [9.17, 15) is 4.79 Å². The minimum absolute atomic E-state index is 0.0377. The molecule has 1 aliphatic heterocycles. The van der Waals surface area contributed by atoms with Gasteiger partial charge in [-0.15, -0.1) is 0 Å². The number of carbonyl (C=O) groups excluding carboxylic acids is 1. The SMILES string of the molecule is Cc1ccc(Cl)cc1NC(=O)CCOC1CCNCC1. The van der Waals surface area contributed by atoms with Crippen LogP contribution in [0.4, 0.5) is 5.69 Å². The Labute approximate surface area is 124 Å². The highest BCUT2D eigenvalue weighted by atomic mass is 35.5. The summed E-state index contributed by atoms with van der Waals surface area (Å²) in [5, 5.41) is 6.78. The van der Waals surface area contributed by atoms with Crippen molar-refractivity contribution in [2.45, 2.75) is 32.3 Å². The first-order valence-corrected chi connectivity index (χ1v) is 7.41. The number of nitrogens with one attached hydrogen (secondary N) is 2. The summed E-state index contributed by atoms with van der Waals surface area (Å²) in [4.78, 5) is 11.9. The Hall–Kier alpha value is -1.10. The first-order valence-electron chi connectivity index (χ1n) is 7.03. The molecule has 0 bridgehead atoms. The molecule has 4 nitrogen and oxygen atoms in total. The van der Waals surface area contributed by atoms with Crippen molar-refractivity contribution >= 4 is 23.2 Å². The second-order valence-corrected chi connectivity index (χ2v) is 5.51. The number of piperidine rings is 1. The number of rotatable bonds is 5. The van der Waals surface area contributed by atoms with Crippen LogP contribution in [0.15, 0.2) is 18.2 Å². The summed E-state index contributed by atoms with van der Waals surface area (Å²) in [6.45, 7) is 4.41. The Kier molecular flexibility index (Phi) is 5.83. The second kappa shape index (κ2) is 7.62. The van der Waals surface area contributed by atoms with E-state index in [1.807, 2.05) is 19.1 Å². The van der Waals surface area contributed by atoms with E-state index in [-0.39, 0.29) is 12.0 Å². The number of amides is 1. The Balaban J connectivity index is 1.73. The third kappa shape index (κ3) is 4.78. The van der Waals surface area contributed by atoms with Crippen LogP contribution >= 0.6 is 11.6 Å². The molecule has 0 unspecified atom stereocenters. The zero-order valence-electron chi connectivity index (χ0n) is 11.7. The van der Waals surface area contributed by atoms with E-state index in [0.717, 1.165) is 37.2 Å². The van der Waals surface area contributed by atoms with E-state index < -0.39 is 0 Å². The summed E-state index contributed by atoms with van der Waals surface area (Å²) in [5.74, 6) is -0.0377. The summed E-state index contributed by atoms with van der Waals surface area (Å²) in [5.41, 5.74) is 1.77. The van der Waals surface area contributed by atoms with Gasteiger partial charge in [-0.1, -0.05) is 17.7 Å². The first kappa shape index (κ1) is 15.3. The molecule has 1 saturated heterocycles. The molecule has 1 aromatic rings. The van der Waals surface area contributed by atoms with Crippen LogP contribution in [0.3, 0.4) is 0 Å². The summed E-state index contributed by atoms with van der Waals surface area (Å²) in [7, 11) is 0. The predicted molar refractivity (Wildman–Crippen MR) is 81.3 cm³/mol. The molecule has 1 aliphatic rings. The van der Waals surface area contributed by atoms with Gasteiger partial charge in [0, 0.05) is 10.7 Å². The minimum Gasteiger partial charge on any atom is -0.378 e. The first-order chi connectivity index (χ1) is 9.65. The van der Waals surface area contributed by atoms with Crippen molar-refractivity contribution < 1.29 is 9.53 Å². The van der Waals surface area contributed by atoms with E-state index in [2.05, 4.69) is 10.6 Å². The van der Waals surface area contributed by atoms with E-state index in [4.69, 9.17) is 16.3 Å². The van der Waals surface area contributed by atoms with Crippen molar-refractivity contribution in [3.63, 3.8) is 0 Å². The highest BCUT2D eigenvalue weighted by Gasteiger charge is 2.13. The van der Waals surface area contributed by atoms with Gasteiger partial charge in [0.25, 0.3) is 0 Å². The molecule has 1 aromatic carbocycles. The molecule has 0 atom stereocenters. The molecule has 0 radical (unpaired) electrons. The van der Waals surface area contributed by atoms with E-state index >= 15 is 0 Å². The fourth-order valence-corrected chi connectivity index (χ4v) is 2.39. The molecule has 0 aromatic heterocycles. The van der Waals surface area contributed by atoms with Crippen LogP contribution in [0.1, 0.15) is 24.8 Å². The van der Waals surface area contributed by atoms with Crippen molar-refractivity contribution in [2.24, 2.45) is 0 Å². The lowest BCUT2D eigenvalue weighted by atomic mass is 10.1. The van der Waals surface area contributed by atoms with E-state index in [1.54, 1.807) is 6.07 Å². The molecule has 5 heteroatoms. The van der Waals surface area contributed by atoms with Crippen molar-refractivity contribution in [1.29, 1.82) is 0 Å². The zero-order valence-corrected chi connectivity index (χ0v) is 12.5. The lowest BCUT2D eigenvalue weighted by molar-refractivity contribution is -0.117. The van der Waals surface area contributed by atoms with Gasteiger partial charge in [-0.2, -0.15) is 0 Å². The van der Waals surface area contributed by atoms with Crippen LogP contribution in [-0.2, 0) is 9.53 Å². The van der Waals surface area contributed by atoms with Gasteiger partial charge < -0.3 is 15.4 Å². The molecule has 110 valence electrons. The Bertz CT molecular complexity index is 459. The van der Waals surface area contributed by atoms with Gasteiger partial charge in [0.2, 0.25) is 5.91 Å². The number of ether oxygens (including phenoxy) is 1. The molecular weight excluding hydrogens is 276 g/mol. The van der Waals surface area contributed by atoms with Crippen LogP contribution in [0.2, 0.25) is 5.02 Å². The molecular formula is C15H21ClN2O2. The Morgan fingerprint density at radius 3 is 2.95 bits per heavy atom. The van der Waals surface area contributed by atoms with E-state index in [0.29, 0.717) is 18.1 Å². The van der Waals surface area contributed by atoms with Gasteiger partial charge in [0.05, 0.1) is 19.1 Å². The van der Waals surface area contributed by atoms with E-state index in [1.165, 1.54) is 0 Å². The standard InChI is InChI=1S/C15H21ClN2O2/c1-11-2-3-12(16)10-14(11)18-15(19)6-9-20-13-4-7-17-8-5-13/h2-3,10,13,17H,4-9H2,1H3,(H,18,19). The smallest absolute Gasteiger partial charge is 0.226 e. The highest BCUT2D eigenvalue weighted by molar-refractivity contribution is 6.31. The lowest BCUT2D eigenvalue weighted by Crippen LogP contribution is -2.33. The van der Waals surface area contributed by atoms with Crippen molar-refractivity contribution in [3.05, 3.63) is 28.8 Å². The zero-order chi connectivity index (χ0) is 14.4. The number of benzene rings is 1. The summed E-state index contributed by atoms with van der Waals surface area (Å²) >= 11 is 5.92. The molecule has 2 rings (SSSR count). The maximum atomic E-state index is 11.9. The lowest BCUT2D eigenvalue weighted by Gasteiger charge is -2.22. The topological polar surface area (TPSA) is 50.4 Å². The van der Waals surface area contributed by atoms with Gasteiger partial charge in [-0.3, -0.25) is 4.79 Å². The number of hydrogen-bond acceptors (Lipinski definition) is 3. The fraction of sp³-hybridized carbons (Fsp3) is 0.533.